The maximum Gasteiger partial charge on any atom is 0.124 e. The first-order valence-corrected chi connectivity index (χ1v) is 13.6. The maximum atomic E-state index is 7.38. The van der Waals surface area contributed by atoms with Gasteiger partial charge >= 0.3 is 0 Å². The molecule has 0 aromatic carbocycles. The molecule has 0 unspecified atom stereocenters. The highest BCUT2D eigenvalue weighted by atomic mass is 16.6. The molecule has 2 heterocycles. The SMILES string of the molecule is CO[C@@H]1CC[C@@]2(C)C(=CC[C@H]3[C@H]2CC[C@@]2(C)[C@H]3CC[C@]23CN(C)C2(CCN(C)CC2)O3)C1. The Morgan fingerprint density at radius 2 is 1.72 bits per heavy atom. The Bertz CT molecular complexity index is 788. The smallest absolute Gasteiger partial charge is 0.124 e. The van der Waals surface area contributed by atoms with Crippen LogP contribution in [0, 0.1) is 28.6 Å². The van der Waals surface area contributed by atoms with E-state index in [-0.39, 0.29) is 11.3 Å². The molecule has 4 nitrogen and oxygen atoms in total. The summed E-state index contributed by atoms with van der Waals surface area (Å²) < 4.78 is 13.2. The monoisotopic (exact) mass is 442 g/mol. The molecule has 0 aromatic heterocycles. The molecule has 2 aliphatic heterocycles. The lowest BCUT2D eigenvalue weighted by Gasteiger charge is -2.59. The van der Waals surface area contributed by atoms with Gasteiger partial charge in [-0.2, -0.15) is 0 Å². The third kappa shape index (κ3) is 2.82. The summed E-state index contributed by atoms with van der Waals surface area (Å²) in [6, 6.07) is 0. The van der Waals surface area contributed by atoms with Crippen molar-refractivity contribution in [1.29, 1.82) is 0 Å². The molecule has 6 aliphatic rings. The second-order valence-corrected chi connectivity index (χ2v) is 13.1. The Balaban J connectivity index is 1.28. The fraction of sp³-hybridized carbons (Fsp3) is 0.929. The van der Waals surface area contributed by atoms with Crippen molar-refractivity contribution in [2.24, 2.45) is 28.6 Å². The van der Waals surface area contributed by atoms with Crippen LogP contribution in [0.5, 0.6) is 0 Å². The number of rotatable bonds is 1. The lowest BCUT2D eigenvalue weighted by Crippen LogP contribution is -2.56. The van der Waals surface area contributed by atoms with Gasteiger partial charge in [-0.1, -0.05) is 25.5 Å². The molecule has 0 aromatic rings. The van der Waals surface area contributed by atoms with Crippen molar-refractivity contribution in [2.75, 3.05) is 40.8 Å². The zero-order valence-electron chi connectivity index (χ0n) is 21.3. The molecule has 0 N–H and O–H groups in total. The molecule has 4 aliphatic carbocycles. The number of ether oxygens (including phenoxy) is 2. The van der Waals surface area contributed by atoms with E-state index >= 15 is 0 Å². The van der Waals surface area contributed by atoms with Crippen LogP contribution >= 0.6 is 0 Å². The van der Waals surface area contributed by atoms with Gasteiger partial charge in [0, 0.05) is 45.0 Å². The van der Waals surface area contributed by atoms with Crippen molar-refractivity contribution in [2.45, 2.75) is 95.5 Å². The Morgan fingerprint density at radius 1 is 0.969 bits per heavy atom. The van der Waals surface area contributed by atoms with E-state index in [9.17, 15) is 0 Å². The summed E-state index contributed by atoms with van der Waals surface area (Å²) in [5.41, 5.74) is 2.55. The van der Waals surface area contributed by atoms with Crippen LogP contribution in [-0.2, 0) is 9.47 Å². The van der Waals surface area contributed by atoms with E-state index in [0.717, 1.165) is 24.3 Å². The predicted molar refractivity (Wildman–Crippen MR) is 128 cm³/mol. The second-order valence-electron chi connectivity index (χ2n) is 13.1. The van der Waals surface area contributed by atoms with Crippen LogP contribution in [0.1, 0.15) is 78.1 Å². The van der Waals surface area contributed by atoms with E-state index < -0.39 is 0 Å². The Kier molecular flexibility index (Phi) is 5.03. The number of piperidine rings is 1. The van der Waals surface area contributed by atoms with Crippen LogP contribution in [0.4, 0.5) is 0 Å². The number of likely N-dealkylation sites (tertiary alicyclic amines) is 1. The summed E-state index contributed by atoms with van der Waals surface area (Å²) in [6.07, 6.45) is 15.9. The highest BCUT2D eigenvalue weighted by Gasteiger charge is 2.69. The fourth-order valence-electron chi connectivity index (χ4n) is 9.80. The van der Waals surface area contributed by atoms with Crippen molar-refractivity contribution in [3.05, 3.63) is 11.6 Å². The molecule has 3 saturated carbocycles. The van der Waals surface area contributed by atoms with Crippen LogP contribution in [-0.4, -0.2) is 68.1 Å². The molecule has 180 valence electrons. The van der Waals surface area contributed by atoms with Gasteiger partial charge in [-0.05, 0) is 88.6 Å². The van der Waals surface area contributed by atoms with Gasteiger partial charge < -0.3 is 14.4 Å². The molecular weight excluding hydrogens is 396 g/mol. The van der Waals surface area contributed by atoms with Crippen molar-refractivity contribution in [3.63, 3.8) is 0 Å². The zero-order chi connectivity index (χ0) is 22.4. The van der Waals surface area contributed by atoms with Crippen molar-refractivity contribution < 1.29 is 9.47 Å². The maximum absolute atomic E-state index is 7.38. The van der Waals surface area contributed by atoms with Gasteiger partial charge in [-0.25, -0.2) is 0 Å². The fourth-order valence-corrected chi connectivity index (χ4v) is 9.80. The van der Waals surface area contributed by atoms with Crippen LogP contribution in [0.15, 0.2) is 11.6 Å². The van der Waals surface area contributed by atoms with Crippen LogP contribution in [0.3, 0.4) is 0 Å². The molecule has 2 spiro atoms. The number of hydrogen-bond acceptors (Lipinski definition) is 4. The average Bonchev–Trinajstić information content (AvgIpc) is 3.22. The number of allylic oxidation sites excluding steroid dienone is 1. The Hall–Kier alpha value is -0.420. The summed E-state index contributed by atoms with van der Waals surface area (Å²) in [5, 5.41) is 0. The first-order valence-electron chi connectivity index (χ1n) is 13.6. The zero-order valence-corrected chi connectivity index (χ0v) is 21.3. The minimum absolute atomic E-state index is 0.00852. The normalized spacial score (nSPS) is 50.8. The van der Waals surface area contributed by atoms with E-state index in [0.29, 0.717) is 16.9 Å². The molecule has 2 saturated heterocycles. The Labute approximate surface area is 196 Å². The van der Waals surface area contributed by atoms with Crippen LogP contribution in [0.2, 0.25) is 0 Å². The standard InChI is InChI=1S/C28H46N2O2/c1-25-11-8-21(31-5)18-20(25)6-7-22-23(25)9-12-26(2)24(22)10-13-27(26)19-30(4)28(32-27)14-16-29(3)17-15-28/h6,21-24H,7-19H2,1-5H3/t21-,22+,23-,24+,25+,26+,27+/m1/s1. The van der Waals surface area contributed by atoms with Gasteiger partial charge in [-0.3, -0.25) is 4.90 Å². The minimum atomic E-state index is -0.00852. The second kappa shape index (κ2) is 7.29. The number of likely N-dealkylation sites (N-methyl/N-ethyl adjacent to an activating group) is 1. The van der Waals surface area contributed by atoms with Gasteiger partial charge in [0.2, 0.25) is 0 Å². The summed E-state index contributed by atoms with van der Waals surface area (Å²) in [4.78, 5) is 5.11. The van der Waals surface area contributed by atoms with E-state index in [2.05, 4.69) is 43.8 Å². The van der Waals surface area contributed by atoms with Crippen molar-refractivity contribution in [1.82, 2.24) is 9.80 Å². The molecule has 0 amide bonds. The third-order valence-corrected chi connectivity index (χ3v) is 12.0. The topological polar surface area (TPSA) is 24.9 Å². The number of methoxy groups -OCH3 is 1. The highest BCUT2D eigenvalue weighted by molar-refractivity contribution is 5.27. The van der Waals surface area contributed by atoms with Crippen molar-refractivity contribution >= 4 is 0 Å². The van der Waals surface area contributed by atoms with Gasteiger partial charge in [0.05, 0.1) is 11.7 Å². The lowest BCUT2D eigenvalue weighted by atomic mass is 9.47. The van der Waals surface area contributed by atoms with Gasteiger partial charge in [-0.15, -0.1) is 0 Å². The van der Waals surface area contributed by atoms with Crippen molar-refractivity contribution in [3.8, 4) is 0 Å². The third-order valence-electron chi connectivity index (χ3n) is 12.0. The molecule has 6 rings (SSSR count). The summed E-state index contributed by atoms with van der Waals surface area (Å²) in [6.45, 7) is 8.74. The molecule has 0 bridgehead atoms. The number of hydrogen-bond donors (Lipinski definition) is 0. The first-order chi connectivity index (χ1) is 15.3. The lowest BCUT2D eigenvalue weighted by molar-refractivity contribution is -0.203. The van der Waals surface area contributed by atoms with Gasteiger partial charge in [0.25, 0.3) is 0 Å². The highest BCUT2D eigenvalue weighted by Crippen LogP contribution is 2.69. The van der Waals surface area contributed by atoms with Gasteiger partial charge in [0.15, 0.2) is 0 Å². The first kappa shape index (κ1) is 22.1. The van der Waals surface area contributed by atoms with E-state index in [1.54, 1.807) is 5.57 Å². The summed E-state index contributed by atoms with van der Waals surface area (Å²) in [5.74, 6) is 2.54. The number of nitrogens with zero attached hydrogens (tertiary/aromatic N) is 2. The number of fused-ring (bicyclic) bond motifs is 6. The molecule has 7 atom stereocenters. The van der Waals surface area contributed by atoms with E-state index in [4.69, 9.17) is 9.47 Å². The Morgan fingerprint density at radius 3 is 2.47 bits per heavy atom. The van der Waals surface area contributed by atoms with Crippen LogP contribution < -0.4 is 0 Å². The van der Waals surface area contributed by atoms with E-state index in [1.807, 2.05) is 7.11 Å². The molecule has 32 heavy (non-hydrogen) atoms. The average molecular weight is 443 g/mol. The largest absolute Gasteiger partial charge is 0.381 e. The molecule has 4 heteroatoms. The quantitative estimate of drug-likeness (QED) is 0.528. The predicted octanol–water partition coefficient (Wildman–Crippen LogP) is 5.09. The molecule has 5 fully saturated rings. The summed E-state index contributed by atoms with van der Waals surface area (Å²) >= 11 is 0. The molecule has 0 radical (unpaired) electrons. The van der Waals surface area contributed by atoms with E-state index in [1.165, 1.54) is 77.3 Å². The minimum Gasteiger partial charge on any atom is -0.381 e. The van der Waals surface area contributed by atoms with Crippen LogP contribution in [0.25, 0.3) is 0 Å². The van der Waals surface area contributed by atoms with Gasteiger partial charge in [0.1, 0.15) is 5.72 Å². The molecular formula is C28H46N2O2. The summed E-state index contributed by atoms with van der Waals surface area (Å²) in [7, 11) is 6.52.